The molecule has 0 radical (unpaired) electrons. The predicted molar refractivity (Wildman–Crippen MR) is 104 cm³/mol. The lowest BCUT2D eigenvalue weighted by Gasteiger charge is -2.23. The van der Waals surface area contributed by atoms with Crippen LogP contribution >= 0.6 is 7.82 Å². The lowest BCUT2D eigenvalue weighted by Crippen LogP contribution is -2.52. The third kappa shape index (κ3) is 5.57. The second-order valence-electron chi connectivity index (χ2n) is 6.50. The van der Waals surface area contributed by atoms with Crippen molar-refractivity contribution in [2.45, 2.75) is 12.5 Å². The Morgan fingerprint density at radius 3 is 2.45 bits per heavy atom. The zero-order chi connectivity index (χ0) is 21.1. The molecule has 0 aliphatic rings. The van der Waals surface area contributed by atoms with Crippen molar-refractivity contribution in [3.05, 3.63) is 54.6 Å². The van der Waals surface area contributed by atoms with Crippen LogP contribution in [-0.4, -0.2) is 38.0 Å². The van der Waals surface area contributed by atoms with Gasteiger partial charge in [-0.15, -0.1) is 0 Å². The minimum atomic E-state index is -4.73. The molecule has 0 bridgehead atoms. The first-order valence-electron chi connectivity index (χ1n) is 8.44. The Morgan fingerprint density at radius 1 is 1.17 bits per heavy atom. The molecule has 2 aromatic carbocycles. The lowest BCUT2D eigenvalue weighted by molar-refractivity contribution is -0.121. The van der Waals surface area contributed by atoms with Gasteiger partial charge in [-0.05, 0) is 43.3 Å². The average Bonchev–Trinajstić information content (AvgIpc) is 3.17. The molecule has 5 N–H and O–H groups in total. The standard InChI is InChI=1S/C18H19N4O6P/c1-18(19,11-27-29(24,25)26)17(23)20-14-9-7-12(8-10-14)15-21-16(28-22-15)13-5-3-2-4-6-13/h2-10H,11,19H2,1H3,(H,20,23)(H2,24,25,26)/t18-/m0/s1. The summed E-state index contributed by atoms with van der Waals surface area (Å²) in [5, 5.41) is 6.52. The van der Waals surface area contributed by atoms with Gasteiger partial charge in [0.15, 0.2) is 0 Å². The van der Waals surface area contributed by atoms with Crippen molar-refractivity contribution in [1.29, 1.82) is 0 Å². The molecule has 0 saturated heterocycles. The van der Waals surface area contributed by atoms with Crippen LogP contribution < -0.4 is 11.1 Å². The summed E-state index contributed by atoms with van der Waals surface area (Å²) in [5.41, 5.74) is 6.05. The van der Waals surface area contributed by atoms with Crippen LogP contribution in [0.5, 0.6) is 0 Å². The Hall–Kier alpha value is -2.88. The molecule has 1 amide bonds. The number of hydrogen-bond donors (Lipinski definition) is 4. The number of anilines is 1. The molecule has 152 valence electrons. The lowest BCUT2D eigenvalue weighted by atomic mass is 10.0. The first-order chi connectivity index (χ1) is 13.6. The van der Waals surface area contributed by atoms with Gasteiger partial charge in [0, 0.05) is 16.8 Å². The maximum atomic E-state index is 12.3. The molecule has 1 heterocycles. The number of hydrogen-bond acceptors (Lipinski definition) is 7. The van der Waals surface area contributed by atoms with Crippen molar-refractivity contribution in [2.75, 3.05) is 11.9 Å². The number of phosphoric ester groups is 1. The van der Waals surface area contributed by atoms with Crippen molar-refractivity contribution in [2.24, 2.45) is 5.73 Å². The molecule has 0 saturated carbocycles. The van der Waals surface area contributed by atoms with Crippen LogP contribution in [0.25, 0.3) is 22.8 Å². The molecule has 11 heteroatoms. The highest BCUT2D eigenvalue weighted by Crippen LogP contribution is 2.36. The Morgan fingerprint density at radius 2 is 1.83 bits per heavy atom. The highest BCUT2D eigenvalue weighted by molar-refractivity contribution is 7.46. The van der Waals surface area contributed by atoms with E-state index in [1.54, 1.807) is 24.3 Å². The van der Waals surface area contributed by atoms with E-state index in [0.717, 1.165) is 5.56 Å². The van der Waals surface area contributed by atoms with Gasteiger partial charge in [0.05, 0.1) is 6.61 Å². The highest BCUT2D eigenvalue weighted by atomic mass is 31.2. The second-order valence-corrected chi connectivity index (χ2v) is 7.74. The van der Waals surface area contributed by atoms with Crippen LogP contribution in [0.2, 0.25) is 0 Å². The van der Waals surface area contributed by atoms with Crippen LogP contribution in [0.15, 0.2) is 59.1 Å². The molecule has 3 aromatic rings. The monoisotopic (exact) mass is 418 g/mol. The van der Waals surface area contributed by atoms with Gasteiger partial charge in [-0.2, -0.15) is 4.98 Å². The van der Waals surface area contributed by atoms with E-state index in [4.69, 9.17) is 20.0 Å². The number of phosphoric acid groups is 1. The molecule has 3 rings (SSSR count). The van der Waals surface area contributed by atoms with Crippen molar-refractivity contribution in [3.63, 3.8) is 0 Å². The van der Waals surface area contributed by atoms with Gasteiger partial charge in [-0.3, -0.25) is 9.32 Å². The molecule has 1 aromatic heterocycles. The molecular formula is C18H19N4O6P. The minimum absolute atomic E-state index is 0.389. The van der Waals surface area contributed by atoms with Crippen molar-refractivity contribution >= 4 is 19.4 Å². The number of aromatic nitrogens is 2. The largest absolute Gasteiger partial charge is 0.469 e. The van der Waals surface area contributed by atoms with Crippen LogP contribution in [0, 0.1) is 0 Å². The summed E-state index contributed by atoms with van der Waals surface area (Å²) in [7, 11) is -4.73. The average molecular weight is 418 g/mol. The van der Waals surface area contributed by atoms with Crippen LogP contribution in [0.1, 0.15) is 6.92 Å². The summed E-state index contributed by atoms with van der Waals surface area (Å²) in [6.45, 7) is 0.656. The van der Waals surface area contributed by atoms with E-state index >= 15 is 0 Å². The van der Waals surface area contributed by atoms with Crippen molar-refractivity contribution < 1.29 is 28.2 Å². The van der Waals surface area contributed by atoms with E-state index in [2.05, 4.69) is 20.0 Å². The maximum absolute atomic E-state index is 12.3. The summed E-state index contributed by atoms with van der Waals surface area (Å²) >= 11 is 0. The zero-order valence-corrected chi connectivity index (χ0v) is 16.2. The second kappa shape index (κ2) is 8.24. The number of amides is 1. The van der Waals surface area contributed by atoms with Gasteiger partial charge in [-0.25, -0.2) is 4.57 Å². The topological polar surface area (TPSA) is 161 Å². The van der Waals surface area contributed by atoms with Crippen molar-refractivity contribution in [3.8, 4) is 22.8 Å². The molecule has 1 atom stereocenters. The van der Waals surface area contributed by atoms with Crippen LogP contribution in [-0.2, 0) is 13.9 Å². The minimum Gasteiger partial charge on any atom is -0.334 e. The fourth-order valence-electron chi connectivity index (χ4n) is 2.30. The smallest absolute Gasteiger partial charge is 0.334 e. The number of carbonyl (C=O) groups excluding carboxylic acids is 1. The number of benzene rings is 2. The Labute approximate surface area is 165 Å². The van der Waals surface area contributed by atoms with Crippen LogP contribution in [0.4, 0.5) is 5.69 Å². The SMILES string of the molecule is C[C@](N)(COP(=O)(O)O)C(=O)Nc1ccc(-c2noc(-c3ccccc3)n2)cc1. The van der Waals surface area contributed by atoms with Crippen molar-refractivity contribution in [1.82, 2.24) is 10.1 Å². The summed E-state index contributed by atoms with van der Waals surface area (Å²) in [6, 6.07) is 16.0. The quantitative estimate of drug-likeness (QED) is 0.421. The summed E-state index contributed by atoms with van der Waals surface area (Å²) < 4.78 is 20.4. The third-order valence-corrected chi connectivity index (χ3v) is 4.36. The van der Waals surface area contributed by atoms with E-state index < -0.39 is 25.9 Å². The number of nitrogens with one attached hydrogen (secondary N) is 1. The van der Waals surface area contributed by atoms with Gasteiger partial charge in [0.1, 0.15) is 5.54 Å². The normalized spacial score (nSPS) is 13.7. The number of carbonyl (C=O) groups is 1. The first kappa shape index (κ1) is 20.8. The van der Waals surface area contributed by atoms with E-state index in [1.165, 1.54) is 6.92 Å². The number of nitrogens with two attached hydrogens (primary N) is 1. The maximum Gasteiger partial charge on any atom is 0.469 e. The van der Waals surface area contributed by atoms with Gasteiger partial charge in [-0.1, -0.05) is 23.4 Å². The predicted octanol–water partition coefficient (Wildman–Crippen LogP) is 2.17. The zero-order valence-electron chi connectivity index (χ0n) is 15.3. The van der Waals surface area contributed by atoms with Gasteiger partial charge in [0.25, 0.3) is 5.89 Å². The van der Waals surface area contributed by atoms with Gasteiger partial charge >= 0.3 is 7.82 Å². The summed E-state index contributed by atoms with van der Waals surface area (Å²) in [6.07, 6.45) is 0. The molecular weight excluding hydrogens is 399 g/mol. The molecule has 0 aliphatic carbocycles. The fraction of sp³-hybridized carbons (Fsp3) is 0.167. The van der Waals surface area contributed by atoms with E-state index in [0.29, 0.717) is 23.0 Å². The molecule has 0 fully saturated rings. The molecule has 29 heavy (non-hydrogen) atoms. The van der Waals surface area contributed by atoms with Gasteiger partial charge in [0.2, 0.25) is 11.7 Å². The number of rotatable bonds is 7. The molecule has 0 spiro atoms. The summed E-state index contributed by atoms with van der Waals surface area (Å²) in [4.78, 5) is 34.1. The molecule has 10 nitrogen and oxygen atoms in total. The molecule has 0 aliphatic heterocycles. The van der Waals surface area contributed by atoms with E-state index in [1.807, 2.05) is 30.3 Å². The molecule has 0 unspecified atom stereocenters. The Kier molecular flexibility index (Phi) is 5.92. The first-order valence-corrected chi connectivity index (χ1v) is 9.97. The number of nitrogens with zero attached hydrogens (tertiary/aromatic N) is 2. The highest BCUT2D eigenvalue weighted by Gasteiger charge is 2.32. The summed E-state index contributed by atoms with van der Waals surface area (Å²) in [5.74, 6) is 0.118. The van der Waals surface area contributed by atoms with Crippen LogP contribution in [0.3, 0.4) is 0 Å². The van der Waals surface area contributed by atoms with Gasteiger partial charge < -0.3 is 25.4 Å². The third-order valence-electron chi connectivity index (χ3n) is 3.90. The Bertz CT molecular complexity index is 1030. The fourth-order valence-corrected chi connectivity index (χ4v) is 2.74. The van der Waals surface area contributed by atoms with E-state index in [-0.39, 0.29) is 0 Å². The van der Waals surface area contributed by atoms with E-state index in [9.17, 15) is 9.36 Å². The Balaban J connectivity index is 1.67.